The summed E-state index contributed by atoms with van der Waals surface area (Å²) in [7, 11) is 0. The van der Waals surface area contributed by atoms with E-state index in [-0.39, 0.29) is 0 Å². The Morgan fingerprint density at radius 2 is 2.00 bits per heavy atom. The Labute approximate surface area is 91.7 Å². The van der Waals surface area contributed by atoms with Gasteiger partial charge < -0.3 is 4.57 Å². The van der Waals surface area contributed by atoms with Crippen LogP contribution in [0.2, 0.25) is 0 Å². The smallest absolute Gasteiger partial charge is 0.139 e. The first-order chi connectivity index (χ1) is 6.81. The van der Waals surface area contributed by atoms with E-state index in [1.54, 1.807) is 0 Å². The Hall–Kier alpha value is -1.09. The zero-order chi connectivity index (χ0) is 9.97. The fourth-order valence-corrected chi connectivity index (χ4v) is 1.69. The Bertz CT molecular complexity index is 417. The first kappa shape index (κ1) is 9.46. The minimum Gasteiger partial charge on any atom is -0.331 e. The normalized spacial score (nSPS) is 10.4. The van der Waals surface area contributed by atoms with Crippen LogP contribution in [0.25, 0.3) is 11.4 Å². The van der Waals surface area contributed by atoms with Crippen LogP contribution in [0.3, 0.4) is 0 Å². The Morgan fingerprint density at radius 3 is 2.64 bits per heavy atom. The third-order valence-corrected chi connectivity index (χ3v) is 2.69. The van der Waals surface area contributed by atoms with Gasteiger partial charge >= 0.3 is 0 Å². The molecule has 0 saturated heterocycles. The summed E-state index contributed by atoms with van der Waals surface area (Å²) in [6, 6.07) is 8.20. The van der Waals surface area contributed by atoms with Crippen LogP contribution >= 0.6 is 15.9 Å². The van der Waals surface area contributed by atoms with Crippen LogP contribution in [0.15, 0.2) is 41.1 Å². The van der Waals surface area contributed by atoms with E-state index in [4.69, 9.17) is 0 Å². The lowest BCUT2D eigenvalue weighted by Crippen LogP contribution is -1.95. The van der Waals surface area contributed by atoms with Gasteiger partial charge in [0.2, 0.25) is 0 Å². The standard InChI is InChI=1S/C11H11BrN2/c1-2-14-8-7-13-11(14)9-3-5-10(12)6-4-9/h3-8H,2H2,1H3. The zero-order valence-corrected chi connectivity index (χ0v) is 9.53. The van der Waals surface area contributed by atoms with Gasteiger partial charge in [0, 0.05) is 29.0 Å². The molecule has 0 N–H and O–H groups in total. The van der Waals surface area contributed by atoms with Gasteiger partial charge in [0.15, 0.2) is 0 Å². The predicted octanol–water partition coefficient (Wildman–Crippen LogP) is 3.33. The van der Waals surface area contributed by atoms with Crippen molar-refractivity contribution in [2.45, 2.75) is 13.5 Å². The molecule has 72 valence electrons. The van der Waals surface area contributed by atoms with Crippen molar-refractivity contribution in [2.75, 3.05) is 0 Å². The lowest BCUT2D eigenvalue weighted by atomic mass is 10.2. The lowest BCUT2D eigenvalue weighted by molar-refractivity contribution is 0.771. The van der Waals surface area contributed by atoms with Gasteiger partial charge in [0.25, 0.3) is 0 Å². The molecule has 1 aromatic carbocycles. The van der Waals surface area contributed by atoms with Crippen molar-refractivity contribution in [2.24, 2.45) is 0 Å². The van der Waals surface area contributed by atoms with E-state index >= 15 is 0 Å². The van der Waals surface area contributed by atoms with Crippen molar-refractivity contribution in [1.29, 1.82) is 0 Å². The second-order valence-corrected chi connectivity index (χ2v) is 3.96. The number of benzene rings is 1. The number of aromatic nitrogens is 2. The molecule has 0 aliphatic heterocycles. The van der Waals surface area contributed by atoms with Crippen molar-refractivity contribution in [3.8, 4) is 11.4 Å². The molecule has 1 heterocycles. The highest BCUT2D eigenvalue weighted by atomic mass is 79.9. The minimum atomic E-state index is 0.950. The second-order valence-electron chi connectivity index (χ2n) is 3.04. The van der Waals surface area contributed by atoms with E-state index in [1.165, 1.54) is 0 Å². The largest absolute Gasteiger partial charge is 0.331 e. The molecule has 0 aliphatic rings. The molecule has 1 aromatic heterocycles. The molecule has 0 fully saturated rings. The van der Waals surface area contributed by atoms with E-state index in [2.05, 4.69) is 44.5 Å². The van der Waals surface area contributed by atoms with E-state index in [0.717, 1.165) is 22.4 Å². The Kier molecular flexibility index (Phi) is 2.68. The lowest BCUT2D eigenvalue weighted by Gasteiger charge is -2.04. The molecular formula is C11H11BrN2. The fraction of sp³-hybridized carbons (Fsp3) is 0.182. The van der Waals surface area contributed by atoms with Gasteiger partial charge in [-0.25, -0.2) is 4.98 Å². The fourth-order valence-electron chi connectivity index (χ4n) is 1.42. The first-order valence-corrected chi connectivity index (χ1v) is 5.37. The van der Waals surface area contributed by atoms with Crippen LogP contribution in [-0.2, 0) is 6.54 Å². The molecular weight excluding hydrogens is 240 g/mol. The van der Waals surface area contributed by atoms with Crippen molar-refractivity contribution in [3.05, 3.63) is 41.1 Å². The number of nitrogens with zero attached hydrogens (tertiary/aromatic N) is 2. The van der Waals surface area contributed by atoms with E-state index in [9.17, 15) is 0 Å². The van der Waals surface area contributed by atoms with Crippen molar-refractivity contribution in [1.82, 2.24) is 9.55 Å². The van der Waals surface area contributed by atoms with Gasteiger partial charge in [-0.05, 0) is 19.1 Å². The number of halogens is 1. The molecule has 0 aliphatic carbocycles. The SMILES string of the molecule is CCn1ccnc1-c1ccc(Br)cc1. The van der Waals surface area contributed by atoms with Crippen molar-refractivity contribution < 1.29 is 0 Å². The maximum atomic E-state index is 4.33. The molecule has 0 amide bonds. The summed E-state index contributed by atoms with van der Waals surface area (Å²) in [5.74, 6) is 1.03. The molecule has 3 heteroatoms. The highest BCUT2D eigenvalue weighted by molar-refractivity contribution is 9.10. The third kappa shape index (κ3) is 1.73. The summed E-state index contributed by atoms with van der Waals surface area (Å²) in [6.07, 6.45) is 3.83. The Morgan fingerprint density at radius 1 is 1.29 bits per heavy atom. The summed E-state index contributed by atoms with van der Waals surface area (Å²) in [5, 5.41) is 0. The van der Waals surface area contributed by atoms with Gasteiger partial charge in [0.05, 0.1) is 0 Å². The average molecular weight is 251 g/mol. The molecule has 14 heavy (non-hydrogen) atoms. The molecule has 0 saturated carbocycles. The van der Waals surface area contributed by atoms with Gasteiger partial charge in [-0.3, -0.25) is 0 Å². The van der Waals surface area contributed by atoms with Crippen molar-refractivity contribution in [3.63, 3.8) is 0 Å². The van der Waals surface area contributed by atoms with Crippen LogP contribution in [0.1, 0.15) is 6.92 Å². The summed E-state index contributed by atoms with van der Waals surface area (Å²) in [5.41, 5.74) is 1.15. The topological polar surface area (TPSA) is 17.8 Å². The van der Waals surface area contributed by atoms with E-state index in [0.29, 0.717) is 0 Å². The highest BCUT2D eigenvalue weighted by Crippen LogP contribution is 2.19. The predicted molar refractivity (Wildman–Crippen MR) is 61.0 cm³/mol. The second kappa shape index (κ2) is 3.96. The molecule has 2 rings (SSSR count). The quantitative estimate of drug-likeness (QED) is 0.800. The van der Waals surface area contributed by atoms with Gasteiger partial charge in [0.1, 0.15) is 5.82 Å². The summed E-state index contributed by atoms with van der Waals surface area (Å²) < 4.78 is 3.22. The van der Waals surface area contributed by atoms with Crippen molar-refractivity contribution >= 4 is 15.9 Å². The molecule has 2 nitrogen and oxygen atoms in total. The van der Waals surface area contributed by atoms with Gasteiger partial charge in [-0.2, -0.15) is 0 Å². The number of aryl methyl sites for hydroxylation is 1. The number of rotatable bonds is 2. The summed E-state index contributed by atoms with van der Waals surface area (Å²) in [4.78, 5) is 4.33. The molecule has 0 spiro atoms. The average Bonchev–Trinajstić information content (AvgIpc) is 2.67. The first-order valence-electron chi connectivity index (χ1n) is 4.58. The molecule has 0 unspecified atom stereocenters. The molecule has 0 atom stereocenters. The third-order valence-electron chi connectivity index (χ3n) is 2.16. The van der Waals surface area contributed by atoms with Crippen LogP contribution in [-0.4, -0.2) is 9.55 Å². The van der Waals surface area contributed by atoms with Crippen LogP contribution < -0.4 is 0 Å². The van der Waals surface area contributed by atoms with Crippen LogP contribution in [0.4, 0.5) is 0 Å². The number of imidazole rings is 1. The maximum Gasteiger partial charge on any atom is 0.139 e. The minimum absolute atomic E-state index is 0.950. The zero-order valence-electron chi connectivity index (χ0n) is 7.94. The summed E-state index contributed by atoms with van der Waals surface area (Å²) in [6.45, 7) is 3.06. The molecule has 0 radical (unpaired) electrons. The molecule has 2 aromatic rings. The monoisotopic (exact) mass is 250 g/mol. The van der Waals surface area contributed by atoms with E-state index < -0.39 is 0 Å². The van der Waals surface area contributed by atoms with Gasteiger partial charge in [-0.1, -0.05) is 28.1 Å². The maximum absolute atomic E-state index is 4.33. The van der Waals surface area contributed by atoms with E-state index in [1.807, 2.05) is 24.5 Å². The molecule has 0 bridgehead atoms. The number of hydrogen-bond acceptors (Lipinski definition) is 1. The highest BCUT2D eigenvalue weighted by Gasteiger charge is 2.03. The van der Waals surface area contributed by atoms with Crippen LogP contribution in [0.5, 0.6) is 0 Å². The Balaban J connectivity index is 2.44. The summed E-state index contributed by atoms with van der Waals surface area (Å²) >= 11 is 3.42. The van der Waals surface area contributed by atoms with Crippen LogP contribution in [0, 0.1) is 0 Å². The van der Waals surface area contributed by atoms with Gasteiger partial charge in [-0.15, -0.1) is 0 Å². The number of hydrogen-bond donors (Lipinski definition) is 0.